The van der Waals surface area contributed by atoms with Gasteiger partial charge in [-0.3, -0.25) is 4.79 Å². The van der Waals surface area contributed by atoms with E-state index in [1.54, 1.807) is 41.8 Å². The smallest absolute Gasteiger partial charge is 0.298 e. The number of para-hydroxylation sites is 1. The minimum atomic E-state index is -0.296. The maximum atomic E-state index is 13.3. The Morgan fingerprint density at radius 3 is 2.68 bits per heavy atom. The Bertz CT molecular complexity index is 1060. The van der Waals surface area contributed by atoms with Gasteiger partial charge in [-0.2, -0.15) is 0 Å². The second-order valence-corrected chi connectivity index (χ2v) is 7.30. The van der Waals surface area contributed by atoms with Crippen LogP contribution in [0.2, 0.25) is 10.0 Å². The van der Waals surface area contributed by atoms with Gasteiger partial charge in [0.25, 0.3) is 5.91 Å². The van der Waals surface area contributed by atoms with Crippen LogP contribution in [-0.2, 0) is 6.42 Å². The molecule has 3 aromatic rings. The number of nitrogens with zero attached hydrogens (tertiary/aromatic N) is 4. The summed E-state index contributed by atoms with van der Waals surface area (Å²) in [5.74, 6) is 0.990. The first-order valence-electron chi connectivity index (χ1n) is 8.87. The van der Waals surface area contributed by atoms with Gasteiger partial charge in [0.2, 0.25) is 5.82 Å². The molecule has 8 heteroatoms. The van der Waals surface area contributed by atoms with E-state index in [1.807, 2.05) is 18.2 Å². The summed E-state index contributed by atoms with van der Waals surface area (Å²) in [6, 6.07) is 10.9. The van der Waals surface area contributed by atoms with E-state index in [0.717, 1.165) is 18.4 Å². The molecular weight excluding hydrogens is 399 g/mol. The van der Waals surface area contributed by atoms with Crippen molar-refractivity contribution < 1.29 is 9.53 Å². The highest BCUT2D eigenvalue weighted by molar-refractivity contribution is 6.32. The molecule has 0 radical (unpaired) electrons. The average molecular weight is 417 g/mol. The highest BCUT2D eigenvalue weighted by Gasteiger charge is 2.31. The van der Waals surface area contributed by atoms with Crippen molar-refractivity contribution in [2.45, 2.75) is 19.8 Å². The van der Waals surface area contributed by atoms with Crippen LogP contribution >= 0.6 is 23.2 Å². The maximum Gasteiger partial charge on any atom is 0.298 e. The van der Waals surface area contributed by atoms with Crippen molar-refractivity contribution in [3.05, 3.63) is 63.7 Å². The average Bonchev–Trinajstić information content (AvgIpc) is 3.09. The van der Waals surface area contributed by atoms with Gasteiger partial charge in [0, 0.05) is 11.6 Å². The van der Waals surface area contributed by atoms with Gasteiger partial charge in [0.1, 0.15) is 11.6 Å². The van der Waals surface area contributed by atoms with E-state index in [0.29, 0.717) is 39.5 Å². The number of hydrogen-bond donors (Lipinski definition) is 0. The van der Waals surface area contributed by atoms with Crippen molar-refractivity contribution in [1.29, 1.82) is 0 Å². The molecule has 0 fully saturated rings. The topological polar surface area (TPSA) is 60.2 Å². The molecule has 2 heterocycles. The van der Waals surface area contributed by atoms with Gasteiger partial charge in [0.15, 0.2) is 0 Å². The largest absolute Gasteiger partial charge is 0.495 e. The van der Waals surface area contributed by atoms with Crippen molar-refractivity contribution in [1.82, 2.24) is 14.8 Å². The second kappa shape index (κ2) is 7.45. The van der Waals surface area contributed by atoms with Gasteiger partial charge in [-0.25, -0.2) is 9.67 Å². The Labute approximate surface area is 172 Å². The summed E-state index contributed by atoms with van der Waals surface area (Å²) >= 11 is 12.6. The van der Waals surface area contributed by atoms with Crippen molar-refractivity contribution in [2.24, 2.45) is 0 Å². The molecule has 1 aromatic heterocycles. The zero-order valence-electron chi connectivity index (χ0n) is 15.4. The lowest BCUT2D eigenvalue weighted by Crippen LogP contribution is -2.36. The van der Waals surface area contributed by atoms with Crippen molar-refractivity contribution in [3.8, 4) is 11.4 Å². The molecule has 0 unspecified atom stereocenters. The van der Waals surface area contributed by atoms with Gasteiger partial charge in [-0.05, 0) is 49.6 Å². The van der Waals surface area contributed by atoms with Crippen molar-refractivity contribution in [3.63, 3.8) is 0 Å². The second-order valence-electron chi connectivity index (χ2n) is 6.48. The first-order valence-corrected chi connectivity index (χ1v) is 9.62. The van der Waals surface area contributed by atoms with Gasteiger partial charge >= 0.3 is 0 Å². The van der Waals surface area contributed by atoms with Gasteiger partial charge < -0.3 is 9.64 Å². The number of carbonyl (C=O) groups is 1. The number of ether oxygens (including phenoxy) is 1. The van der Waals surface area contributed by atoms with Crippen LogP contribution in [0.4, 0.5) is 5.69 Å². The van der Waals surface area contributed by atoms with E-state index >= 15 is 0 Å². The van der Waals surface area contributed by atoms with E-state index in [1.165, 1.54) is 0 Å². The molecule has 1 amide bonds. The minimum Gasteiger partial charge on any atom is -0.495 e. The van der Waals surface area contributed by atoms with E-state index in [4.69, 9.17) is 27.9 Å². The van der Waals surface area contributed by atoms with Crippen LogP contribution in [0.15, 0.2) is 36.4 Å². The van der Waals surface area contributed by atoms with Crippen molar-refractivity contribution >= 4 is 34.8 Å². The molecule has 1 aliphatic rings. The molecule has 0 atom stereocenters. The zero-order chi connectivity index (χ0) is 19.8. The Morgan fingerprint density at radius 1 is 1.14 bits per heavy atom. The molecule has 1 aliphatic heterocycles. The maximum absolute atomic E-state index is 13.3. The highest BCUT2D eigenvalue weighted by atomic mass is 35.5. The molecule has 28 heavy (non-hydrogen) atoms. The summed E-state index contributed by atoms with van der Waals surface area (Å²) < 4.78 is 7.06. The van der Waals surface area contributed by atoms with Crippen LogP contribution in [0.5, 0.6) is 5.75 Å². The van der Waals surface area contributed by atoms with E-state index in [-0.39, 0.29) is 11.7 Å². The number of methoxy groups -OCH3 is 1. The predicted molar refractivity (Wildman–Crippen MR) is 109 cm³/mol. The summed E-state index contributed by atoms with van der Waals surface area (Å²) in [6.45, 7) is 2.33. The first-order chi connectivity index (χ1) is 13.5. The summed E-state index contributed by atoms with van der Waals surface area (Å²) in [4.78, 5) is 19.3. The molecule has 0 saturated heterocycles. The monoisotopic (exact) mass is 416 g/mol. The van der Waals surface area contributed by atoms with Crippen LogP contribution < -0.4 is 9.64 Å². The lowest BCUT2D eigenvalue weighted by atomic mass is 10.0. The van der Waals surface area contributed by atoms with Gasteiger partial charge in [-0.1, -0.05) is 35.3 Å². The fourth-order valence-electron chi connectivity index (χ4n) is 3.47. The van der Waals surface area contributed by atoms with Gasteiger partial charge in [-0.15, -0.1) is 5.10 Å². The summed E-state index contributed by atoms with van der Waals surface area (Å²) in [6.07, 6.45) is 1.59. The Hall–Kier alpha value is -2.57. The quantitative estimate of drug-likeness (QED) is 0.631. The van der Waals surface area contributed by atoms with E-state index in [2.05, 4.69) is 10.1 Å². The number of benzene rings is 2. The van der Waals surface area contributed by atoms with Crippen LogP contribution in [0.1, 0.15) is 28.4 Å². The lowest BCUT2D eigenvalue weighted by molar-refractivity contribution is 0.0974. The number of halogens is 2. The Kier molecular flexibility index (Phi) is 5.00. The zero-order valence-corrected chi connectivity index (χ0v) is 17.0. The van der Waals surface area contributed by atoms with Crippen LogP contribution in [0.3, 0.4) is 0 Å². The first kappa shape index (κ1) is 18.8. The highest BCUT2D eigenvalue weighted by Crippen LogP contribution is 2.40. The molecule has 0 aliphatic carbocycles. The predicted octanol–water partition coefficient (Wildman–Crippen LogP) is 4.48. The number of aromatic nitrogens is 3. The third-order valence-corrected chi connectivity index (χ3v) is 5.45. The third-order valence-electron chi connectivity index (χ3n) is 4.77. The minimum absolute atomic E-state index is 0.104. The standard InChI is InChI=1S/C20H18Cl2N4O2/c1-12-23-19(24-26(12)16-8-4-3-7-15(16)22)20(27)25-11-5-6-13-14(21)9-10-17(28-2)18(13)25/h3-4,7-10H,5-6,11H2,1-2H3. The summed E-state index contributed by atoms with van der Waals surface area (Å²) in [7, 11) is 1.58. The molecular formula is C20H18Cl2N4O2. The normalized spacial score (nSPS) is 13.4. The Morgan fingerprint density at radius 2 is 1.93 bits per heavy atom. The lowest BCUT2D eigenvalue weighted by Gasteiger charge is -2.30. The number of carbonyl (C=O) groups excluding carboxylic acids is 1. The van der Waals surface area contributed by atoms with Gasteiger partial charge in [0.05, 0.1) is 23.5 Å². The number of aryl methyl sites for hydroxylation is 1. The van der Waals surface area contributed by atoms with Crippen LogP contribution in [0, 0.1) is 6.92 Å². The fourth-order valence-corrected chi connectivity index (χ4v) is 3.93. The molecule has 2 aromatic carbocycles. The number of anilines is 1. The molecule has 4 rings (SSSR count). The summed E-state index contributed by atoms with van der Waals surface area (Å²) in [5, 5.41) is 5.58. The fraction of sp³-hybridized carbons (Fsp3) is 0.250. The SMILES string of the molecule is COc1ccc(Cl)c2c1N(C(=O)c1nc(C)n(-c3ccccc3Cl)n1)CCC2. The molecule has 0 N–H and O–H groups in total. The van der Waals surface area contributed by atoms with Crippen LogP contribution in [-0.4, -0.2) is 34.3 Å². The van der Waals surface area contributed by atoms with E-state index < -0.39 is 0 Å². The molecule has 0 spiro atoms. The molecule has 144 valence electrons. The molecule has 0 saturated carbocycles. The Balaban J connectivity index is 1.76. The van der Waals surface area contributed by atoms with Crippen LogP contribution in [0.25, 0.3) is 5.69 Å². The molecule has 0 bridgehead atoms. The summed E-state index contributed by atoms with van der Waals surface area (Å²) in [5.41, 5.74) is 2.27. The number of rotatable bonds is 3. The number of fused-ring (bicyclic) bond motifs is 1. The molecule has 6 nitrogen and oxygen atoms in total. The number of hydrogen-bond acceptors (Lipinski definition) is 4. The van der Waals surface area contributed by atoms with E-state index in [9.17, 15) is 4.79 Å². The van der Waals surface area contributed by atoms with Crippen molar-refractivity contribution in [2.75, 3.05) is 18.6 Å². The third kappa shape index (κ3) is 3.12. The number of amides is 1.